The van der Waals surface area contributed by atoms with Crippen molar-refractivity contribution in [3.05, 3.63) is 70.8 Å². The van der Waals surface area contributed by atoms with E-state index in [4.69, 9.17) is 0 Å². The second-order valence-corrected chi connectivity index (χ2v) is 7.66. The van der Waals surface area contributed by atoms with Crippen LogP contribution in [0.3, 0.4) is 0 Å². The van der Waals surface area contributed by atoms with Crippen LogP contribution in [0.5, 0.6) is 0 Å². The molecule has 5 heteroatoms. The van der Waals surface area contributed by atoms with Crippen LogP contribution in [0.1, 0.15) is 43.0 Å². The van der Waals surface area contributed by atoms with Crippen molar-refractivity contribution in [2.24, 2.45) is 0 Å². The highest BCUT2D eigenvalue weighted by atomic mass is 19.4. The predicted molar refractivity (Wildman–Crippen MR) is 103 cm³/mol. The van der Waals surface area contributed by atoms with Crippen molar-refractivity contribution in [2.45, 2.75) is 32.4 Å². The molecule has 0 heterocycles. The van der Waals surface area contributed by atoms with Gasteiger partial charge in [-0.3, -0.25) is 0 Å². The number of alkyl halides is 3. The molecule has 0 aliphatic carbocycles. The average molecular weight is 378 g/mol. The normalized spacial score (nSPS) is 11.9. The molecule has 3 rings (SSSR count). The molecule has 0 saturated heterocycles. The molecule has 0 N–H and O–H groups in total. The zero-order chi connectivity index (χ0) is 20.7. The van der Waals surface area contributed by atoms with Gasteiger partial charge in [0.15, 0.2) is 0 Å². The predicted octanol–water partition coefficient (Wildman–Crippen LogP) is 6.57. The summed E-state index contributed by atoms with van der Waals surface area (Å²) in [5.41, 5.74) is 0.941. The third-order valence-corrected chi connectivity index (χ3v) is 4.72. The fourth-order valence-corrected chi connectivity index (χ4v) is 3.23. The molecule has 0 radical (unpaired) electrons. The van der Waals surface area contributed by atoms with Crippen LogP contribution in [0, 0.1) is 22.7 Å². The Morgan fingerprint density at radius 3 is 2.11 bits per heavy atom. The molecule has 0 aliphatic rings. The van der Waals surface area contributed by atoms with Crippen molar-refractivity contribution < 1.29 is 13.2 Å². The van der Waals surface area contributed by atoms with E-state index in [1.807, 2.05) is 30.3 Å². The third-order valence-electron chi connectivity index (χ3n) is 4.72. The third kappa shape index (κ3) is 3.44. The minimum atomic E-state index is -4.50. The Bertz CT molecular complexity index is 1150. The summed E-state index contributed by atoms with van der Waals surface area (Å²) in [6, 6.07) is 16.1. The monoisotopic (exact) mass is 378 g/mol. The van der Waals surface area contributed by atoms with Crippen LogP contribution < -0.4 is 0 Å². The molecule has 28 heavy (non-hydrogen) atoms. The number of halogens is 3. The molecule has 0 bridgehead atoms. The molecule has 140 valence electrons. The van der Waals surface area contributed by atoms with Gasteiger partial charge in [0.1, 0.15) is 12.1 Å². The van der Waals surface area contributed by atoms with Gasteiger partial charge in [-0.05, 0) is 45.5 Å². The zero-order valence-electron chi connectivity index (χ0n) is 15.6. The summed E-state index contributed by atoms with van der Waals surface area (Å²) in [6.45, 7) is 6.16. The Labute approximate surface area is 161 Å². The van der Waals surface area contributed by atoms with Crippen LogP contribution in [-0.4, -0.2) is 0 Å². The van der Waals surface area contributed by atoms with Crippen LogP contribution in [0.4, 0.5) is 13.2 Å². The van der Waals surface area contributed by atoms with Crippen LogP contribution in [0.2, 0.25) is 0 Å². The molecule has 0 amide bonds. The second-order valence-electron chi connectivity index (χ2n) is 7.66. The van der Waals surface area contributed by atoms with E-state index < -0.39 is 11.7 Å². The standard InChI is InChI=1S/C23H17F3N2/c1-22(2,3)17-7-8-19-15(11-17)9-16(12-27)20(13-28)21(19)14-5-4-6-18(10-14)23(24,25)26/h4-11H,1-3H3. The van der Waals surface area contributed by atoms with E-state index in [2.05, 4.69) is 20.8 Å². The van der Waals surface area contributed by atoms with Gasteiger partial charge in [0.25, 0.3) is 0 Å². The van der Waals surface area contributed by atoms with E-state index >= 15 is 0 Å². The maximum absolute atomic E-state index is 13.2. The van der Waals surface area contributed by atoms with Crippen molar-refractivity contribution in [2.75, 3.05) is 0 Å². The second kappa shape index (κ2) is 6.69. The van der Waals surface area contributed by atoms with E-state index in [1.165, 1.54) is 12.1 Å². The Hall–Kier alpha value is -3.31. The molecule has 0 saturated carbocycles. The molecule has 0 aromatic heterocycles. The molecule has 0 fully saturated rings. The quantitative estimate of drug-likeness (QED) is 0.481. The Balaban J connectivity index is 2.41. The van der Waals surface area contributed by atoms with Gasteiger partial charge in [0.2, 0.25) is 0 Å². The molecule has 3 aromatic rings. The highest BCUT2D eigenvalue weighted by Crippen LogP contribution is 2.38. The highest BCUT2D eigenvalue weighted by molar-refractivity contribution is 6.01. The lowest BCUT2D eigenvalue weighted by molar-refractivity contribution is -0.137. The van der Waals surface area contributed by atoms with Crippen LogP contribution in [-0.2, 0) is 11.6 Å². The number of nitrogens with zero attached hydrogens (tertiary/aromatic N) is 2. The van der Waals surface area contributed by atoms with Gasteiger partial charge in [-0.25, -0.2) is 0 Å². The maximum atomic E-state index is 13.2. The molecule has 3 aromatic carbocycles. The number of hydrogen-bond donors (Lipinski definition) is 0. The van der Waals surface area contributed by atoms with Crippen molar-refractivity contribution in [3.8, 4) is 23.3 Å². The minimum absolute atomic E-state index is 0.0813. The summed E-state index contributed by atoms with van der Waals surface area (Å²) >= 11 is 0. The highest BCUT2D eigenvalue weighted by Gasteiger charge is 2.31. The Morgan fingerprint density at radius 2 is 1.54 bits per heavy atom. The van der Waals surface area contributed by atoms with E-state index in [1.54, 1.807) is 6.07 Å². The van der Waals surface area contributed by atoms with Gasteiger partial charge in [-0.15, -0.1) is 0 Å². The van der Waals surface area contributed by atoms with Gasteiger partial charge in [-0.1, -0.05) is 51.1 Å². The van der Waals surface area contributed by atoms with Gasteiger partial charge < -0.3 is 0 Å². The lowest BCUT2D eigenvalue weighted by Gasteiger charge is -2.21. The largest absolute Gasteiger partial charge is 0.416 e. The first-order valence-electron chi connectivity index (χ1n) is 8.65. The zero-order valence-corrected chi connectivity index (χ0v) is 15.6. The number of benzene rings is 3. The van der Waals surface area contributed by atoms with Crippen molar-refractivity contribution in [1.82, 2.24) is 0 Å². The number of nitriles is 2. The van der Waals surface area contributed by atoms with Crippen molar-refractivity contribution >= 4 is 10.8 Å². The number of rotatable bonds is 1. The van der Waals surface area contributed by atoms with Crippen LogP contribution in [0.25, 0.3) is 21.9 Å². The summed E-state index contributed by atoms with van der Waals surface area (Å²) in [5, 5.41) is 20.5. The average Bonchev–Trinajstić information content (AvgIpc) is 2.64. The molecule has 0 spiro atoms. The lowest BCUT2D eigenvalue weighted by atomic mass is 9.83. The Kier molecular flexibility index (Phi) is 4.65. The van der Waals surface area contributed by atoms with Gasteiger partial charge in [0.05, 0.1) is 16.7 Å². The van der Waals surface area contributed by atoms with E-state index in [0.717, 1.165) is 23.1 Å². The summed E-state index contributed by atoms with van der Waals surface area (Å²) in [4.78, 5) is 0. The molecule has 0 aliphatic heterocycles. The number of fused-ring (bicyclic) bond motifs is 1. The van der Waals surface area contributed by atoms with Crippen LogP contribution >= 0.6 is 0 Å². The number of hydrogen-bond acceptors (Lipinski definition) is 2. The SMILES string of the molecule is CC(C)(C)c1ccc2c(-c3cccc(C(F)(F)F)c3)c(C#N)c(C#N)cc2c1. The summed E-state index contributed by atoms with van der Waals surface area (Å²) in [6.07, 6.45) is -4.50. The van der Waals surface area contributed by atoms with E-state index in [9.17, 15) is 23.7 Å². The Morgan fingerprint density at radius 1 is 0.821 bits per heavy atom. The maximum Gasteiger partial charge on any atom is 0.416 e. The van der Waals surface area contributed by atoms with Gasteiger partial charge in [0, 0.05) is 5.56 Å². The van der Waals surface area contributed by atoms with Crippen molar-refractivity contribution in [3.63, 3.8) is 0 Å². The van der Waals surface area contributed by atoms with Gasteiger partial charge in [-0.2, -0.15) is 23.7 Å². The van der Waals surface area contributed by atoms with Gasteiger partial charge >= 0.3 is 6.18 Å². The summed E-state index contributed by atoms with van der Waals surface area (Å²) < 4.78 is 39.6. The smallest absolute Gasteiger partial charge is 0.192 e. The lowest BCUT2D eigenvalue weighted by Crippen LogP contribution is -2.10. The van der Waals surface area contributed by atoms with Crippen LogP contribution in [0.15, 0.2) is 48.5 Å². The van der Waals surface area contributed by atoms with Crippen molar-refractivity contribution in [1.29, 1.82) is 10.5 Å². The fraction of sp³-hybridized carbons (Fsp3) is 0.217. The molecular weight excluding hydrogens is 361 g/mol. The molecular formula is C23H17F3N2. The summed E-state index contributed by atoms with van der Waals surface area (Å²) in [7, 11) is 0. The topological polar surface area (TPSA) is 47.6 Å². The molecule has 0 unspecified atom stereocenters. The summed E-state index contributed by atoms with van der Waals surface area (Å²) in [5.74, 6) is 0. The minimum Gasteiger partial charge on any atom is -0.192 e. The first-order chi connectivity index (χ1) is 13.1. The molecule has 2 nitrogen and oxygen atoms in total. The van der Waals surface area contributed by atoms with E-state index in [-0.39, 0.29) is 22.1 Å². The first kappa shape index (κ1) is 19.5. The first-order valence-corrected chi connectivity index (χ1v) is 8.65. The fourth-order valence-electron chi connectivity index (χ4n) is 3.23. The van der Waals surface area contributed by atoms with E-state index in [0.29, 0.717) is 10.9 Å². The molecule has 0 atom stereocenters.